The van der Waals surface area contributed by atoms with Crippen LogP contribution in [0.5, 0.6) is 0 Å². The molecule has 4 rings (SSSR count). The average molecular weight is 384 g/mol. The fraction of sp³-hybridized carbons (Fsp3) is 0.609. The first kappa shape index (κ1) is 19.1. The first-order valence-electron chi connectivity index (χ1n) is 10.7. The highest BCUT2D eigenvalue weighted by atomic mass is 32.2. The van der Waals surface area contributed by atoms with Crippen LogP contribution in [0, 0.1) is 0 Å². The third-order valence-corrected chi connectivity index (χ3v) is 7.01. The second-order valence-corrected chi connectivity index (χ2v) is 9.65. The fourth-order valence-corrected chi connectivity index (χ4v) is 5.35. The third kappa shape index (κ3) is 4.60. The van der Waals surface area contributed by atoms with Crippen molar-refractivity contribution in [2.75, 3.05) is 24.6 Å². The monoisotopic (exact) mass is 383 g/mol. The lowest BCUT2D eigenvalue weighted by molar-refractivity contribution is 0.285. The van der Waals surface area contributed by atoms with E-state index in [0.717, 1.165) is 6.54 Å². The molecule has 0 radical (unpaired) electrons. The van der Waals surface area contributed by atoms with Gasteiger partial charge in [-0.1, -0.05) is 57.4 Å². The van der Waals surface area contributed by atoms with Crippen molar-refractivity contribution in [2.24, 2.45) is 0 Å². The Morgan fingerprint density at radius 3 is 2.41 bits per heavy atom. The molecule has 1 saturated carbocycles. The van der Waals surface area contributed by atoms with Crippen LogP contribution in [0.2, 0.25) is 0 Å². The van der Waals surface area contributed by atoms with Gasteiger partial charge in [0.05, 0.1) is 17.4 Å². The average Bonchev–Trinajstić information content (AvgIpc) is 3.13. The van der Waals surface area contributed by atoms with Gasteiger partial charge in [-0.3, -0.25) is 9.58 Å². The Bertz CT molecular complexity index is 723. The minimum atomic E-state index is 0.573. The first-order valence-corrected chi connectivity index (χ1v) is 11.8. The van der Waals surface area contributed by atoms with Gasteiger partial charge in [0, 0.05) is 31.1 Å². The van der Waals surface area contributed by atoms with E-state index < -0.39 is 0 Å². The van der Waals surface area contributed by atoms with Gasteiger partial charge in [0.1, 0.15) is 0 Å². The van der Waals surface area contributed by atoms with Crippen LogP contribution in [0.1, 0.15) is 69.2 Å². The van der Waals surface area contributed by atoms with Crippen molar-refractivity contribution in [1.29, 1.82) is 0 Å². The van der Waals surface area contributed by atoms with Gasteiger partial charge in [-0.2, -0.15) is 16.9 Å². The molecule has 0 spiro atoms. The summed E-state index contributed by atoms with van der Waals surface area (Å²) in [4.78, 5) is 2.57. The van der Waals surface area contributed by atoms with Crippen molar-refractivity contribution in [3.63, 3.8) is 0 Å². The predicted octanol–water partition coefficient (Wildman–Crippen LogP) is 5.73. The van der Waals surface area contributed by atoms with Crippen LogP contribution in [0.3, 0.4) is 0 Å². The van der Waals surface area contributed by atoms with Gasteiger partial charge < -0.3 is 0 Å². The highest BCUT2D eigenvalue weighted by Crippen LogP contribution is 2.33. The molecule has 1 saturated heterocycles. The van der Waals surface area contributed by atoms with Crippen LogP contribution in [0.15, 0.2) is 30.3 Å². The number of aromatic nitrogens is 2. The summed E-state index contributed by atoms with van der Waals surface area (Å²) in [6.07, 6.45) is 6.62. The second kappa shape index (κ2) is 8.83. The van der Waals surface area contributed by atoms with Gasteiger partial charge >= 0.3 is 0 Å². The van der Waals surface area contributed by atoms with Gasteiger partial charge in [0.2, 0.25) is 0 Å². The molecule has 1 aromatic heterocycles. The summed E-state index contributed by atoms with van der Waals surface area (Å²) in [5, 5.41) is 5.13. The fourth-order valence-electron chi connectivity index (χ4n) is 4.37. The van der Waals surface area contributed by atoms with Crippen molar-refractivity contribution in [3.8, 4) is 11.3 Å². The first-order chi connectivity index (χ1) is 13.2. The molecule has 146 valence electrons. The van der Waals surface area contributed by atoms with E-state index in [1.165, 1.54) is 79.2 Å². The summed E-state index contributed by atoms with van der Waals surface area (Å²) >= 11 is 2.07. The van der Waals surface area contributed by atoms with Gasteiger partial charge in [0.15, 0.2) is 0 Å². The molecule has 0 N–H and O–H groups in total. The maximum Gasteiger partial charge on any atom is 0.0771 e. The molecule has 4 heteroatoms. The molecule has 3 nitrogen and oxygen atoms in total. The van der Waals surface area contributed by atoms with Crippen molar-refractivity contribution in [3.05, 3.63) is 41.6 Å². The highest BCUT2D eigenvalue weighted by molar-refractivity contribution is 7.99. The van der Waals surface area contributed by atoms with Gasteiger partial charge in [0.25, 0.3) is 0 Å². The summed E-state index contributed by atoms with van der Waals surface area (Å²) in [6.45, 7) is 7.91. The van der Waals surface area contributed by atoms with E-state index in [2.05, 4.69) is 65.5 Å². The van der Waals surface area contributed by atoms with Gasteiger partial charge in [-0.15, -0.1) is 0 Å². The Hall–Kier alpha value is -1.26. The molecular weight excluding hydrogens is 350 g/mol. The summed E-state index contributed by atoms with van der Waals surface area (Å²) in [6, 6.07) is 12.1. The normalized spacial score (nSPS) is 19.7. The topological polar surface area (TPSA) is 21.1 Å². The third-order valence-electron chi connectivity index (χ3n) is 6.07. The van der Waals surface area contributed by atoms with Crippen molar-refractivity contribution in [2.45, 2.75) is 64.5 Å². The molecule has 2 aromatic rings. The molecule has 2 heterocycles. The van der Waals surface area contributed by atoms with Crippen LogP contribution in [-0.2, 0) is 6.54 Å². The quantitative estimate of drug-likeness (QED) is 0.658. The molecule has 1 aliphatic carbocycles. The lowest BCUT2D eigenvalue weighted by atomic mass is 9.95. The maximum absolute atomic E-state index is 5.13. The van der Waals surface area contributed by atoms with E-state index in [1.54, 1.807) is 0 Å². The maximum atomic E-state index is 5.13. The van der Waals surface area contributed by atoms with Crippen LogP contribution in [-0.4, -0.2) is 39.3 Å². The molecule has 0 atom stereocenters. The van der Waals surface area contributed by atoms with Crippen LogP contribution < -0.4 is 0 Å². The smallest absolute Gasteiger partial charge is 0.0771 e. The molecule has 0 amide bonds. The van der Waals surface area contributed by atoms with E-state index in [1.807, 2.05) is 0 Å². The van der Waals surface area contributed by atoms with Crippen LogP contribution in [0.25, 0.3) is 11.3 Å². The number of benzene rings is 1. The standard InChI is InChI=1S/C23H33N3S/c1-18(2)19-8-10-20(11-9-19)23-16-21(17-25-12-14-27-15-13-25)24-26(23)22-6-4-3-5-7-22/h8-11,16,18,22H,3-7,12-15,17H2,1-2H3. The summed E-state index contributed by atoms with van der Waals surface area (Å²) in [7, 11) is 0. The Morgan fingerprint density at radius 1 is 1.04 bits per heavy atom. The molecule has 27 heavy (non-hydrogen) atoms. The zero-order valence-corrected chi connectivity index (χ0v) is 17.7. The molecule has 1 aromatic carbocycles. The minimum absolute atomic E-state index is 0.573. The Balaban J connectivity index is 1.62. The SMILES string of the molecule is CC(C)c1ccc(-c2cc(CN3CCSCC3)nn2C2CCCCC2)cc1. The zero-order valence-electron chi connectivity index (χ0n) is 16.9. The molecule has 2 fully saturated rings. The molecule has 0 unspecified atom stereocenters. The second-order valence-electron chi connectivity index (χ2n) is 8.42. The van der Waals surface area contributed by atoms with Crippen molar-refractivity contribution < 1.29 is 0 Å². The van der Waals surface area contributed by atoms with E-state index in [0.29, 0.717) is 12.0 Å². The summed E-state index contributed by atoms with van der Waals surface area (Å²) < 4.78 is 2.37. The molecule has 2 aliphatic rings. The Labute approximate surface area is 168 Å². The number of thioether (sulfide) groups is 1. The predicted molar refractivity (Wildman–Crippen MR) is 116 cm³/mol. The van der Waals surface area contributed by atoms with E-state index >= 15 is 0 Å². The number of rotatable bonds is 5. The summed E-state index contributed by atoms with van der Waals surface area (Å²) in [5.41, 5.74) is 5.29. The molecule has 0 bridgehead atoms. The number of nitrogens with zero attached hydrogens (tertiary/aromatic N) is 3. The minimum Gasteiger partial charge on any atom is -0.296 e. The number of hydrogen-bond donors (Lipinski definition) is 0. The van der Waals surface area contributed by atoms with Crippen molar-refractivity contribution >= 4 is 11.8 Å². The van der Waals surface area contributed by atoms with E-state index in [-0.39, 0.29) is 0 Å². The van der Waals surface area contributed by atoms with Gasteiger partial charge in [-0.05, 0) is 36.0 Å². The van der Waals surface area contributed by atoms with Gasteiger partial charge in [-0.25, -0.2) is 0 Å². The van der Waals surface area contributed by atoms with Crippen LogP contribution in [0.4, 0.5) is 0 Å². The van der Waals surface area contributed by atoms with E-state index in [4.69, 9.17) is 5.10 Å². The lowest BCUT2D eigenvalue weighted by Crippen LogP contribution is -2.32. The largest absolute Gasteiger partial charge is 0.296 e. The summed E-state index contributed by atoms with van der Waals surface area (Å²) in [5.74, 6) is 3.09. The van der Waals surface area contributed by atoms with E-state index in [9.17, 15) is 0 Å². The lowest BCUT2D eigenvalue weighted by Gasteiger charge is -2.25. The zero-order chi connectivity index (χ0) is 18.6. The molecule has 1 aliphatic heterocycles. The van der Waals surface area contributed by atoms with Crippen molar-refractivity contribution in [1.82, 2.24) is 14.7 Å². The Kier molecular flexibility index (Phi) is 6.24. The highest BCUT2D eigenvalue weighted by Gasteiger charge is 2.22. The Morgan fingerprint density at radius 2 is 1.74 bits per heavy atom. The molecular formula is C23H33N3S. The van der Waals surface area contributed by atoms with Crippen LogP contribution >= 0.6 is 11.8 Å². The number of hydrogen-bond acceptors (Lipinski definition) is 3.